The van der Waals surface area contributed by atoms with Gasteiger partial charge in [0.1, 0.15) is 22.8 Å². The van der Waals surface area contributed by atoms with Crippen LogP contribution in [0.4, 0.5) is 10.1 Å². The number of ketones is 1. The van der Waals surface area contributed by atoms with Crippen molar-refractivity contribution in [1.29, 1.82) is 5.41 Å². The molecule has 0 spiro atoms. The molecule has 8 heteroatoms. The van der Waals surface area contributed by atoms with Gasteiger partial charge in [-0.25, -0.2) is 14.6 Å². The average molecular weight is 358 g/mol. The van der Waals surface area contributed by atoms with Crippen molar-refractivity contribution in [1.82, 2.24) is 0 Å². The van der Waals surface area contributed by atoms with E-state index in [0.717, 1.165) is 6.20 Å². The number of amidine groups is 1. The van der Waals surface area contributed by atoms with Crippen LogP contribution in [-0.4, -0.2) is 29.3 Å². The lowest BCUT2D eigenvalue weighted by Crippen LogP contribution is -2.82. The van der Waals surface area contributed by atoms with Crippen molar-refractivity contribution in [2.24, 2.45) is 5.73 Å². The van der Waals surface area contributed by atoms with Gasteiger partial charge < -0.3 is 15.6 Å². The minimum atomic E-state index is -1.14. The molecule has 0 aliphatic rings. The molecule has 7 nitrogen and oxygen atoms in total. The highest BCUT2D eigenvalue weighted by atomic mass is 19.1. The first-order chi connectivity index (χ1) is 12.4. The molecule has 0 aromatic heterocycles. The number of carbonyl (C=O) groups is 2. The quantitative estimate of drug-likeness (QED) is 0.194. The van der Waals surface area contributed by atoms with Crippen molar-refractivity contribution in [3.05, 3.63) is 71.7 Å². The molecule has 0 saturated carbocycles. The van der Waals surface area contributed by atoms with Crippen LogP contribution in [0.1, 0.15) is 10.4 Å². The molecule has 6 N–H and O–H groups in total. The first kappa shape index (κ1) is 18.8. The second-order valence-corrected chi connectivity index (χ2v) is 5.23. The zero-order valence-electron chi connectivity index (χ0n) is 13.6. The second kappa shape index (κ2) is 8.54. The van der Waals surface area contributed by atoms with E-state index in [2.05, 4.69) is 0 Å². The summed E-state index contributed by atoms with van der Waals surface area (Å²) in [5.41, 5.74) is 6.20. The summed E-state index contributed by atoms with van der Waals surface area (Å²) in [4.78, 5) is 23.2. The summed E-state index contributed by atoms with van der Waals surface area (Å²) in [6.07, 6.45) is 1.02. The SMILES string of the molecule is N=C([NH2+]c1ccc(F)cc1)C(=CN)C(=O)c1cccc(OCC(=O)O)c1. The van der Waals surface area contributed by atoms with Crippen LogP contribution in [0.3, 0.4) is 0 Å². The largest absolute Gasteiger partial charge is 0.482 e. The number of Topliss-reactive ketones (excluding diaryl/α,β-unsaturated/α-hetero) is 1. The maximum atomic E-state index is 12.9. The molecule has 0 aliphatic heterocycles. The second-order valence-electron chi connectivity index (χ2n) is 5.23. The van der Waals surface area contributed by atoms with Gasteiger partial charge in [-0.05, 0) is 24.3 Å². The Hall–Kier alpha value is -3.52. The molecular formula is C18H17FN3O4+. The summed E-state index contributed by atoms with van der Waals surface area (Å²) in [7, 11) is 0. The fraction of sp³-hybridized carbons (Fsp3) is 0.0556. The van der Waals surface area contributed by atoms with Crippen molar-refractivity contribution in [2.45, 2.75) is 0 Å². The Kier molecular flexibility index (Phi) is 6.18. The van der Waals surface area contributed by atoms with E-state index >= 15 is 0 Å². The van der Waals surface area contributed by atoms with Gasteiger partial charge in [0.2, 0.25) is 11.6 Å². The summed E-state index contributed by atoms with van der Waals surface area (Å²) in [5.74, 6) is -1.99. The molecule has 0 saturated heterocycles. The van der Waals surface area contributed by atoms with Gasteiger partial charge in [0.25, 0.3) is 0 Å². The number of halogens is 1. The first-order valence-electron chi connectivity index (χ1n) is 7.51. The van der Waals surface area contributed by atoms with Crippen LogP contribution < -0.4 is 15.8 Å². The number of benzene rings is 2. The van der Waals surface area contributed by atoms with Crippen LogP contribution in [0, 0.1) is 11.2 Å². The van der Waals surface area contributed by atoms with E-state index in [0.29, 0.717) is 5.69 Å². The van der Waals surface area contributed by atoms with Gasteiger partial charge in [0.15, 0.2) is 6.61 Å². The maximum Gasteiger partial charge on any atom is 0.341 e. The van der Waals surface area contributed by atoms with Gasteiger partial charge in [0, 0.05) is 23.9 Å². The minimum absolute atomic E-state index is 0.0512. The average Bonchev–Trinajstić information content (AvgIpc) is 2.62. The summed E-state index contributed by atoms with van der Waals surface area (Å²) >= 11 is 0. The third kappa shape index (κ3) is 4.99. The van der Waals surface area contributed by atoms with Crippen LogP contribution in [-0.2, 0) is 4.79 Å². The zero-order valence-corrected chi connectivity index (χ0v) is 13.6. The Morgan fingerprint density at radius 1 is 1.23 bits per heavy atom. The fourth-order valence-electron chi connectivity index (χ4n) is 2.12. The predicted molar refractivity (Wildman–Crippen MR) is 91.9 cm³/mol. The number of nitrogens with two attached hydrogens (primary N) is 2. The molecule has 2 aromatic rings. The molecule has 0 atom stereocenters. The van der Waals surface area contributed by atoms with Crippen molar-refractivity contribution in [3.8, 4) is 5.75 Å². The van der Waals surface area contributed by atoms with E-state index in [9.17, 15) is 14.0 Å². The Bertz CT molecular complexity index is 863. The van der Waals surface area contributed by atoms with Crippen molar-refractivity contribution < 1.29 is 29.1 Å². The fourth-order valence-corrected chi connectivity index (χ4v) is 2.12. The topological polar surface area (TPSA) is 130 Å². The Labute approximate surface area is 148 Å². The van der Waals surface area contributed by atoms with Gasteiger partial charge in [-0.3, -0.25) is 10.1 Å². The van der Waals surface area contributed by atoms with Crippen LogP contribution in [0.5, 0.6) is 5.75 Å². The lowest BCUT2D eigenvalue weighted by atomic mass is 10.0. The predicted octanol–water partition coefficient (Wildman–Crippen LogP) is 1.19. The number of rotatable bonds is 7. The van der Waals surface area contributed by atoms with E-state index in [1.54, 1.807) is 0 Å². The van der Waals surface area contributed by atoms with E-state index in [4.69, 9.17) is 21.0 Å². The molecule has 0 unspecified atom stereocenters. The number of quaternary nitrogens is 1. The van der Waals surface area contributed by atoms with E-state index in [1.165, 1.54) is 53.8 Å². The lowest BCUT2D eigenvalue weighted by molar-refractivity contribution is -0.443. The Balaban J connectivity index is 2.15. The van der Waals surface area contributed by atoms with Crippen LogP contribution in [0.2, 0.25) is 0 Å². The monoisotopic (exact) mass is 358 g/mol. The summed E-state index contributed by atoms with van der Waals surface area (Å²) in [6.45, 7) is -0.536. The van der Waals surface area contributed by atoms with Crippen molar-refractivity contribution >= 4 is 23.3 Å². The highest BCUT2D eigenvalue weighted by molar-refractivity contribution is 6.24. The normalized spacial score (nSPS) is 11.0. The highest BCUT2D eigenvalue weighted by Crippen LogP contribution is 2.16. The molecular weight excluding hydrogens is 341 g/mol. The number of ether oxygens (including phenoxy) is 1. The van der Waals surface area contributed by atoms with Crippen LogP contribution in [0.25, 0.3) is 0 Å². The molecule has 0 radical (unpaired) electrons. The van der Waals surface area contributed by atoms with Crippen molar-refractivity contribution in [2.75, 3.05) is 6.61 Å². The maximum absolute atomic E-state index is 12.9. The zero-order chi connectivity index (χ0) is 19.1. The van der Waals surface area contributed by atoms with Gasteiger partial charge in [-0.2, -0.15) is 0 Å². The lowest BCUT2D eigenvalue weighted by Gasteiger charge is -2.08. The summed E-state index contributed by atoms with van der Waals surface area (Å²) in [5, 5.41) is 18.1. The Morgan fingerprint density at radius 3 is 2.54 bits per heavy atom. The molecule has 0 aliphatic carbocycles. The third-order valence-corrected chi connectivity index (χ3v) is 3.34. The molecule has 2 aromatic carbocycles. The molecule has 0 heterocycles. The molecule has 0 bridgehead atoms. The minimum Gasteiger partial charge on any atom is -0.482 e. The number of carbonyl (C=O) groups excluding carboxylic acids is 1. The highest BCUT2D eigenvalue weighted by Gasteiger charge is 2.21. The number of hydrogen-bond donors (Lipinski definition) is 4. The molecule has 134 valence electrons. The van der Waals surface area contributed by atoms with E-state index in [1.807, 2.05) is 0 Å². The first-order valence-corrected chi connectivity index (χ1v) is 7.51. The standard InChI is InChI=1S/C18H16FN3O4/c19-12-4-6-13(7-5-12)22-18(21)15(9-20)17(25)11-2-1-3-14(8-11)26-10-16(23)24/h1-9H,10,20H2,(H2,21,22)(H,23,24)/p+1. The van der Waals surface area contributed by atoms with Gasteiger partial charge in [0.05, 0.1) is 0 Å². The Morgan fingerprint density at radius 2 is 1.92 bits per heavy atom. The number of hydrogen-bond acceptors (Lipinski definition) is 5. The van der Waals surface area contributed by atoms with E-state index < -0.39 is 24.2 Å². The number of carboxylic acids is 1. The molecule has 2 rings (SSSR count). The molecule has 0 fully saturated rings. The van der Waals surface area contributed by atoms with E-state index in [-0.39, 0.29) is 22.7 Å². The van der Waals surface area contributed by atoms with Gasteiger partial charge >= 0.3 is 5.97 Å². The summed E-state index contributed by atoms with van der Waals surface area (Å²) in [6, 6.07) is 11.4. The van der Waals surface area contributed by atoms with Gasteiger partial charge in [-0.15, -0.1) is 0 Å². The van der Waals surface area contributed by atoms with Crippen LogP contribution in [0.15, 0.2) is 60.3 Å². The number of carboxylic acid groups (broad SMARTS) is 1. The number of aliphatic carboxylic acids is 1. The molecule has 0 amide bonds. The van der Waals surface area contributed by atoms with Gasteiger partial charge in [-0.1, -0.05) is 12.1 Å². The van der Waals surface area contributed by atoms with Crippen LogP contribution >= 0.6 is 0 Å². The number of nitrogens with one attached hydrogen (secondary N) is 1. The third-order valence-electron chi connectivity index (χ3n) is 3.34. The van der Waals surface area contributed by atoms with Crippen molar-refractivity contribution in [3.63, 3.8) is 0 Å². The molecule has 26 heavy (non-hydrogen) atoms. The smallest absolute Gasteiger partial charge is 0.341 e. The summed E-state index contributed by atoms with van der Waals surface area (Å²) < 4.78 is 18.0.